The Balaban J connectivity index is 1.33. The Kier molecular flexibility index (Phi) is 12.8. The van der Waals surface area contributed by atoms with Gasteiger partial charge in [-0.15, -0.1) is 0 Å². The fraction of sp³-hybridized carbons (Fsp3) is 0.425. The van der Waals surface area contributed by atoms with E-state index in [1.165, 1.54) is 16.8 Å². The molecule has 2 amide bonds. The van der Waals surface area contributed by atoms with Crippen LogP contribution in [0.5, 0.6) is 5.75 Å². The van der Waals surface area contributed by atoms with Crippen LogP contribution in [-0.2, 0) is 31.3 Å². The van der Waals surface area contributed by atoms with Crippen LogP contribution in [-0.4, -0.2) is 63.4 Å². The number of amides is 2. The van der Waals surface area contributed by atoms with Crippen molar-refractivity contribution in [3.05, 3.63) is 119 Å². The van der Waals surface area contributed by atoms with E-state index < -0.39 is 35.3 Å². The summed E-state index contributed by atoms with van der Waals surface area (Å²) < 4.78 is 47.9. The number of rotatable bonds is 18. The number of nitrogens with one attached hydrogen (secondary N) is 2. The van der Waals surface area contributed by atoms with Gasteiger partial charge in [-0.3, -0.25) is 14.3 Å². The van der Waals surface area contributed by atoms with E-state index in [0.717, 1.165) is 36.1 Å². The molecule has 1 fully saturated rings. The number of aliphatic hydroxyl groups excluding tert-OH is 1. The van der Waals surface area contributed by atoms with E-state index in [0.29, 0.717) is 56.1 Å². The maximum Gasteiger partial charge on any atom is 0.416 e. The summed E-state index contributed by atoms with van der Waals surface area (Å²) in [6, 6.07) is 23.1. The van der Waals surface area contributed by atoms with Crippen molar-refractivity contribution in [3.63, 3.8) is 0 Å². The average molecular weight is 720 g/mol. The van der Waals surface area contributed by atoms with E-state index in [1.54, 1.807) is 11.0 Å². The zero-order valence-corrected chi connectivity index (χ0v) is 30.0. The standard InChI is InChI=1S/C40H48F3N5O4/c1-4-21-47(22-5-2)38(51)35-25-34(46-48(35)6-3)37(50)45-33(23-28-15-17-32(18-16-28)52-27-29-11-8-7-9-12-29)36(49)26-44-39(19-20-39)30-13-10-14-31(24-30)40(41,42)43/h7-18,24-25,33,36,44,49H,4-6,19-23,26-27H2,1-3H3,(H,45,50)/t33-,36+/m0/s1. The molecule has 9 nitrogen and oxygen atoms in total. The Morgan fingerprint density at radius 2 is 1.63 bits per heavy atom. The molecule has 0 saturated heterocycles. The number of aryl methyl sites for hydroxylation is 1. The van der Waals surface area contributed by atoms with Gasteiger partial charge in [0.15, 0.2) is 5.69 Å². The van der Waals surface area contributed by atoms with Crippen LogP contribution >= 0.6 is 0 Å². The highest BCUT2D eigenvalue weighted by Gasteiger charge is 2.45. The van der Waals surface area contributed by atoms with Crippen LogP contribution in [0.4, 0.5) is 13.2 Å². The van der Waals surface area contributed by atoms with E-state index in [-0.39, 0.29) is 24.6 Å². The number of hydrogen-bond donors (Lipinski definition) is 3. The lowest BCUT2D eigenvalue weighted by atomic mass is 9.98. The highest BCUT2D eigenvalue weighted by molar-refractivity contribution is 5.98. The average Bonchev–Trinajstić information content (AvgIpc) is 3.82. The molecule has 1 heterocycles. The third-order valence-corrected chi connectivity index (χ3v) is 9.36. The summed E-state index contributed by atoms with van der Waals surface area (Å²) in [5.41, 5.74) is 1.29. The summed E-state index contributed by atoms with van der Waals surface area (Å²) in [6.07, 6.45) is -2.54. The predicted molar refractivity (Wildman–Crippen MR) is 193 cm³/mol. The van der Waals surface area contributed by atoms with E-state index in [9.17, 15) is 27.9 Å². The summed E-state index contributed by atoms with van der Waals surface area (Å²) >= 11 is 0. The Labute approximate surface area is 303 Å². The molecule has 1 saturated carbocycles. The maximum absolute atomic E-state index is 13.7. The Morgan fingerprint density at radius 3 is 2.25 bits per heavy atom. The van der Waals surface area contributed by atoms with Crippen molar-refractivity contribution in [1.82, 2.24) is 25.3 Å². The summed E-state index contributed by atoms with van der Waals surface area (Å²) in [5.74, 6) is -0.0869. The molecule has 278 valence electrons. The number of alkyl halides is 3. The predicted octanol–water partition coefficient (Wildman–Crippen LogP) is 6.74. The molecule has 1 aromatic heterocycles. The smallest absolute Gasteiger partial charge is 0.416 e. The second kappa shape index (κ2) is 17.2. The molecule has 0 bridgehead atoms. The van der Waals surface area contributed by atoms with Crippen LogP contribution in [0.1, 0.15) is 89.7 Å². The van der Waals surface area contributed by atoms with Crippen LogP contribution in [0, 0.1) is 0 Å². The second-order valence-electron chi connectivity index (χ2n) is 13.3. The summed E-state index contributed by atoms with van der Waals surface area (Å²) in [7, 11) is 0. The van der Waals surface area contributed by atoms with Gasteiger partial charge in [0.05, 0.1) is 17.7 Å². The van der Waals surface area contributed by atoms with Crippen LogP contribution < -0.4 is 15.4 Å². The number of carbonyl (C=O) groups is 2. The number of nitrogens with zero attached hydrogens (tertiary/aromatic N) is 3. The third-order valence-electron chi connectivity index (χ3n) is 9.36. The number of aromatic nitrogens is 2. The summed E-state index contributed by atoms with van der Waals surface area (Å²) in [6.45, 7) is 7.82. The van der Waals surface area contributed by atoms with Crippen molar-refractivity contribution >= 4 is 11.8 Å². The fourth-order valence-electron chi connectivity index (χ4n) is 6.33. The van der Waals surface area contributed by atoms with Crippen molar-refractivity contribution in [3.8, 4) is 5.75 Å². The molecule has 2 atom stereocenters. The summed E-state index contributed by atoms with van der Waals surface area (Å²) in [4.78, 5) is 29.0. The number of aliphatic hydroxyl groups is 1. The normalized spacial score (nSPS) is 14.8. The first-order chi connectivity index (χ1) is 25.0. The molecule has 52 heavy (non-hydrogen) atoms. The molecule has 3 aromatic carbocycles. The molecular weight excluding hydrogens is 671 g/mol. The van der Waals surface area contributed by atoms with E-state index in [4.69, 9.17) is 4.74 Å². The van der Waals surface area contributed by atoms with Crippen LogP contribution in [0.25, 0.3) is 0 Å². The third kappa shape index (κ3) is 9.80. The van der Waals surface area contributed by atoms with Gasteiger partial charge in [-0.1, -0.05) is 68.4 Å². The van der Waals surface area contributed by atoms with Gasteiger partial charge in [0, 0.05) is 37.8 Å². The molecule has 3 N–H and O–H groups in total. The molecule has 0 radical (unpaired) electrons. The van der Waals surface area contributed by atoms with Crippen molar-refractivity contribution in [2.45, 2.75) is 89.9 Å². The molecule has 1 aliphatic carbocycles. The fourth-order valence-corrected chi connectivity index (χ4v) is 6.33. The number of benzene rings is 3. The van der Waals surface area contributed by atoms with E-state index >= 15 is 0 Å². The van der Waals surface area contributed by atoms with Crippen LogP contribution in [0.3, 0.4) is 0 Å². The van der Waals surface area contributed by atoms with Gasteiger partial charge < -0.3 is 25.4 Å². The van der Waals surface area contributed by atoms with Gasteiger partial charge in [0.2, 0.25) is 0 Å². The van der Waals surface area contributed by atoms with Gasteiger partial charge in [-0.2, -0.15) is 18.3 Å². The Hall–Kier alpha value is -4.68. The van der Waals surface area contributed by atoms with Crippen molar-refractivity contribution in [2.24, 2.45) is 0 Å². The van der Waals surface area contributed by atoms with Crippen molar-refractivity contribution < 1.29 is 32.6 Å². The number of carbonyl (C=O) groups excluding carboxylic acids is 2. The second-order valence-corrected chi connectivity index (χ2v) is 13.3. The van der Waals surface area contributed by atoms with Gasteiger partial charge in [-0.05, 0) is 80.0 Å². The molecule has 4 aromatic rings. The lowest BCUT2D eigenvalue weighted by Crippen LogP contribution is -2.50. The lowest BCUT2D eigenvalue weighted by Gasteiger charge is -2.27. The number of halogens is 3. The molecule has 0 spiro atoms. The number of hydrogen-bond acceptors (Lipinski definition) is 6. The minimum Gasteiger partial charge on any atom is -0.489 e. The Bertz CT molecular complexity index is 1770. The van der Waals surface area contributed by atoms with Gasteiger partial charge >= 0.3 is 6.18 Å². The van der Waals surface area contributed by atoms with Crippen LogP contribution in [0.15, 0.2) is 84.9 Å². The number of ether oxygens (including phenoxy) is 1. The minimum absolute atomic E-state index is 0.00952. The highest BCUT2D eigenvalue weighted by atomic mass is 19.4. The SMILES string of the molecule is CCCN(CCC)C(=O)c1cc(C(=O)N[C@@H](Cc2ccc(OCc3ccccc3)cc2)[C@H](O)CNC2(c3cccc(C(F)(F)F)c3)CC2)nn1CC. The lowest BCUT2D eigenvalue weighted by molar-refractivity contribution is -0.137. The molecule has 0 unspecified atom stereocenters. The van der Waals surface area contributed by atoms with E-state index in [2.05, 4.69) is 15.7 Å². The monoisotopic (exact) mass is 719 g/mol. The Morgan fingerprint density at radius 1 is 0.942 bits per heavy atom. The topological polar surface area (TPSA) is 109 Å². The first-order valence-electron chi connectivity index (χ1n) is 18.0. The maximum atomic E-state index is 13.7. The highest BCUT2D eigenvalue weighted by Crippen LogP contribution is 2.46. The molecule has 12 heteroatoms. The molecule has 0 aliphatic heterocycles. The quantitative estimate of drug-likeness (QED) is 0.105. The van der Waals surface area contributed by atoms with Crippen molar-refractivity contribution in [2.75, 3.05) is 19.6 Å². The zero-order valence-electron chi connectivity index (χ0n) is 30.0. The first kappa shape index (κ1) is 38.5. The molecule has 5 rings (SSSR count). The first-order valence-corrected chi connectivity index (χ1v) is 18.0. The molecule has 1 aliphatic rings. The van der Waals surface area contributed by atoms with Crippen molar-refractivity contribution in [1.29, 1.82) is 0 Å². The zero-order chi connectivity index (χ0) is 37.3. The van der Waals surface area contributed by atoms with Gasteiger partial charge in [0.25, 0.3) is 11.8 Å². The van der Waals surface area contributed by atoms with Gasteiger partial charge in [0.1, 0.15) is 18.1 Å². The largest absolute Gasteiger partial charge is 0.489 e. The molecular formula is C40H48F3N5O4. The minimum atomic E-state index is -4.47. The van der Waals surface area contributed by atoms with Gasteiger partial charge in [-0.25, -0.2) is 0 Å². The summed E-state index contributed by atoms with van der Waals surface area (Å²) in [5, 5.41) is 22.3. The van der Waals surface area contributed by atoms with E-state index in [1.807, 2.05) is 75.4 Å². The van der Waals surface area contributed by atoms with Crippen LogP contribution in [0.2, 0.25) is 0 Å².